The summed E-state index contributed by atoms with van der Waals surface area (Å²) in [5, 5.41) is 0. The van der Waals surface area contributed by atoms with E-state index in [1.165, 1.54) is 11.1 Å². The average Bonchev–Trinajstić information content (AvgIpc) is 2.70. The number of nitrogens with zero attached hydrogens (tertiary/aromatic N) is 2. The summed E-state index contributed by atoms with van der Waals surface area (Å²) in [5.74, 6) is 3.04. The zero-order valence-electron chi connectivity index (χ0n) is 12.3. The number of halogens is 1. The SMILES string of the molecule is Cc1cccc2c1nc(CCCl)n2CC(C)C(C)C. The average molecular weight is 279 g/mol. The van der Waals surface area contributed by atoms with Crippen LogP contribution in [-0.4, -0.2) is 15.4 Å². The van der Waals surface area contributed by atoms with Crippen LogP contribution in [0.25, 0.3) is 11.0 Å². The van der Waals surface area contributed by atoms with E-state index in [1.807, 2.05) is 0 Å². The predicted molar refractivity (Wildman–Crippen MR) is 82.9 cm³/mol. The molecule has 1 unspecified atom stereocenters. The van der Waals surface area contributed by atoms with Gasteiger partial charge in [-0.3, -0.25) is 0 Å². The molecule has 2 rings (SSSR count). The highest BCUT2D eigenvalue weighted by Gasteiger charge is 2.15. The van der Waals surface area contributed by atoms with Crippen molar-refractivity contribution in [2.24, 2.45) is 11.8 Å². The normalized spacial score (nSPS) is 13.4. The summed E-state index contributed by atoms with van der Waals surface area (Å²) in [7, 11) is 0. The third-order valence-corrected chi connectivity index (χ3v) is 4.18. The highest BCUT2D eigenvalue weighted by molar-refractivity contribution is 6.17. The van der Waals surface area contributed by atoms with Crippen LogP contribution in [0.5, 0.6) is 0 Å². The summed E-state index contributed by atoms with van der Waals surface area (Å²) >= 11 is 5.92. The Balaban J connectivity index is 2.49. The topological polar surface area (TPSA) is 17.8 Å². The number of aryl methyl sites for hydroxylation is 2. The second-order valence-corrected chi connectivity index (χ2v) is 6.12. The van der Waals surface area contributed by atoms with E-state index in [-0.39, 0.29) is 0 Å². The van der Waals surface area contributed by atoms with Crippen LogP contribution in [0.1, 0.15) is 32.2 Å². The van der Waals surface area contributed by atoms with Crippen molar-refractivity contribution in [2.75, 3.05) is 5.88 Å². The molecule has 0 bridgehead atoms. The lowest BCUT2D eigenvalue weighted by Crippen LogP contribution is -2.15. The molecule has 0 N–H and O–H groups in total. The molecule has 2 nitrogen and oxygen atoms in total. The Labute approximate surface area is 120 Å². The molecule has 0 aliphatic carbocycles. The maximum absolute atomic E-state index is 5.92. The Morgan fingerprint density at radius 2 is 2.00 bits per heavy atom. The molecule has 0 amide bonds. The molecule has 104 valence electrons. The second-order valence-electron chi connectivity index (χ2n) is 5.74. The lowest BCUT2D eigenvalue weighted by Gasteiger charge is -2.18. The molecule has 0 aliphatic rings. The first-order valence-corrected chi connectivity index (χ1v) is 7.58. The Morgan fingerprint density at radius 1 is 1.26 bits per heavy atom. The van der Waals surface area contributed by atoms with Crippen LogP contribution < -0.4 is 0 Å². The van der Waals surface area contributed by atoms with Crippen molar-refractivity contribution in [3.05, 3.63) is 29.6 Å². The van der Waals surface area contributed by atoms with Crippen molar-refractivity contribution in [1.82, 2.24) is 9.55 Å². The summed E-state index contributed by atoms with van der Waals surface area (Å²) in [5.41, 5.74) is 3.61. The molecule has 19 heavy (non-hydrogen) atoms. The molecule has 1 atom stereocenters. The Morgan fingerprint density at radius 3 is 2.63 bits per heavy atom. The van der Waals surface area contributed by atoms with Crippen LogP contribution in [0.3, 0.4) is 0 Å². The van der Waals surface area contributed by atoms with E-state index in [0.717, 1.165) is 24.3 Å². The molecule has 0 fully saturated rings. The van der Waals surface area contributed by atoms with Gasteiger partial charge in [0, 0.05) is 18.8 Å². The molecule has 2 aromatic rings. The van der Waals surface area contributed by atoms with Gasteiger partial charge in [0.1, 0.15) is 5.82 Å². The van der Waals surface area contributed by atoms with Crippen molar-refractivity contribution in [1.29, 1.82) is 0 Å². The van der Waals surface area contributed by atoms with Gasteiger partial charge in [0.25, 0.3) is 0 Å². The predicted octanol–water partition coefficient (Wildman–Crippen LogP) is 4.42. The van der Waals surface area contributed by atoms with E-state index in [4.69, 9.17) is 16.6 Å². The highest BCUT2D eigenvalue weighted by Crippen LogP contribution is 2.23. The summed E-state index contributed by atoms with van der Waals surface area (Å²) in [6.07, 6.45) is 0.834. The molecule has 1 heterocycles. The highest BCUT2D eigenvalue weighted by atomic mass is 35.5. The van der Waals surface area contributed by atoms with Crippen molar-refractivity contribution in [3.8, 4) is 0 Å². The number of fused-ring (bicyclic) bond motifs is 1. The van der Waals surface area contributed by atoms with Crippen molar-refractivity contribution in [3.63, 3.8) is 0 Å². The van der Waals surface area contributed by atoms with E-state index >= 15 is 0 Å². The number of imidazole rings is 1. The number of rotatable bonds is 5. The van der Waals surface area contributed by atoms with E-state index in [0.29, 0.717) is 17.7 Å². The third kappa shape index (κ3) is 2.94. The van der Waals surface area contributed by atoms with Gasteiger partial charge in [0.2, 0.25) is 0 Å². The third-order valence-electron chi connectivity index (χ3n) is 3.99. The minimum absolute atomic E-state index is 0.623. The molecular formula is C16H23ClN2. The lowest BCUT2D eigenvalue weighted by molar-refractivity contribution is 0.364. The summed E-state index contributed by atoms with van der Waals surface area (Å²) in [6, 6.07) is 6.40. The van der Waals surface area contributed by atoms with Crippen LogP contribution in [0.15, 0.2) is 18.2 Å². The summed E-state index contributed by atoms with van der Waals surface area (Å²) in [6.45, 7) is 9.99. The minimum atomic E-state index is 0.623. The smallest absolute Gasteiger partial charge is 0.111 e. The maximum atomic E-state index is 5.92. The maximum Gasteiger partial charge on any atom is 0.111 e. The zero-order chi connectivity index (χ0) is 14.0. The fourth-order valence-electron chi connectivity index (χ4n) is 2.31. The first-order chi connectivity index (χ1) is 9.04. The molecule has 0 saturated carbocycles. The van der Waals surface area contributed by atoms with E-state index in [2.05, 4.69) is 50.5 Å². The van der Waals surface area contributed by atoms with Gasteiger partial charge in [-0.15, -0.1) is 11.6 Å². The molecule has 0 aliphatic heterocycles. The fraction of sp³-hybridized carbons (Fsp3) is 0.562. The van der Waals surface area contributed by atoms with Crippen molar-refractivity contribution >= 4 is 22.6 Å². The molecule has 0 spiro atoms. The number of hydrogen-bond donors (Lipinski definition) is 0. The number of aromatic nitrogens is 2. The van der Waals surface area contributed by atoms with Crippen molar-refractivity contribution in [2.45, 2.75) is 40.7 Å². The first kappa shape index (κ1) is 14.4. The van der Waals surface area contributed by atoms with Crippen LogP contribution in [0, 0.1) is 18.8 Å². The van der Waals surface area contributed by atoms with E-state index in [1.54, 1.807) is 0 Å². The second kappa shape index (κ2) is 5.96. The summed E-state index contributed by atoms with van der Waals surface area (Å²) < 4.78 is 2.36. The van der Waals surface area contributed by atoms with Gasteiger partial charge in [-0.2, -0.15) is 0 Å². The van der Waals surface area contributed by atoms with Gasteiger partial charge in [-0.25, -0.2) is 4.98 Å². The largest absolute Gasteiger partial charge is 0.328 e. The van der Waals surface area contributed by atoms with Crippen LogP contribution >= 0.6 is 11.6 Å². The molecular weight excluding hydrogens is 256 g/mol. The Hall–Kier alpha value is -1.02. The zero-order valence-corrected chi connectivity index (χ0v) is 13.0. The van der Waals surface area contributed by atoms with Gasteiger partial charge >= 0.3 is 0 Å². The van der Waals surface area contributed by atoms with Gasteiger partial charge in [-0.1, -0.05) is 32.9 Å². The minimum Gasteiger partial charge on any atom is -0.328 e. The van der Waals surface area contributed by atoms with Crippen molar-refractivity contribution < 1.29 is 0 Å². The molecule has 3 heteroatoms. The molecule has 1 aromatic carbocycles. The molecule has 0 radical (unpaired) electrons. The number of para-hydroxylation sites is 1. The van der Waals surface area contributed by atoms with E-state index in [9.17, 15) is 0 Å². The van der Waals surface area contributed by atoms with Gasteiger partial charge in [-0.05, 0) is 30.4 Å². The molecule has 1 aromatic heterocycles. The van der Waals surface area contributed by atoms with E-state index < -0.39 is 0 Å². The molecule has 0 saturated heterocycles. The Bertz CT molecular complexity index is 557. The van der Waals surface area contributed by atoms with Gasteiger partial charge in [0.15, 0.2) is 0 Å². The monoisotopic (exact) mass is 278 g/mol. The standard InChI is InChI=1S/C16H23ClN2/c1-11(2)13(4)10-19-14-7-5-6-12(3)16(14)18-15(19)8-9-17/h5-7,11,13H,8-10H2,1-4H3. The lowest BCUT2D eigenvalue weighted by atomic mass is 9.98. The Kier molecular flexibility index (Phi) is 4.51. The number of alkyl halides is 1. The number of hydrogen-bond acceptors (Lipinski definition) is 1. The van der Waals surface area contributed by atoms with Gasteiger partial charge in [0.05, 0.1) is 11.0 Å². The first-order valence-electron chi connectivity index (χ1n) is 7.05. The summed E-state index contributed by atoms with van der Waals surface area (Å²) in [4.78, 5) is 4.79. The number of benzene rings is 1. The fourth-order valence-corrected chi connectivity index (χ4v) is 2.48. The van der Waals surface area contributed by atoms with Crippen LogP contribution in [-0.2, 0) is 13.0 Å². The quantitative estimate of drug-likeness (QED) is 0.741. The van der Waals surface area contributed by atoms with Crippen LogP contribution in [0.4, 0.5) is 0 Å². The van der Waals surface area contributed by atoms with Crippen LogP contribution in [0.2, 0.25) is 0 Å². The van der Waals surface area contributed by atoms with Gasteiger partial charge < -0.3 is 4.57 Å².